The van der Waals surface area contributed by atoms with Crippen LogP contribution >= 0.6 is 23.1 Å². The van der Waals surface area contributed by atoms with Crippen LogP contribution in [0.4, 0.5) is 16.5 Å². The third-order valence-electron chi connectivity index (χ3n) is 5.45. The van der Waals surface area contributed by atoms with Gasteiger partial charge >= 0.3 is 0 Å². The van der Waals surface area contributed by atoms with Gasteiger partial charge in [0.25, 0.3) is 0 Å². The predicted molar refractivity (Wildman–Crippen MR) is 143 cm³/mol. The van der Waals surface area contributed by atoms with Gasteiger partial charge in [-0.25, -0.2) is 0 Å². The SMILES string of the molecule is Cc1ccc(C)c(NC(=O)[C@@H](Sc2nnc(Nc3ccc(C(C)C)cc3)s2)c2ccccc2)c1. The highest BCUT2D eigenvalue weighted by Crippen LogP contribution is 2.39. The molecule has 4 aromatic rings. The average molecular weight is 489 g/mol. The number of nitrogens with one attached hydrogen (secondary N) is 2. The molecule has 0 aliphatic rings. The molecule has 0 bridgehead atoms. The topological polar surface area (TPSA) is 66.9 Å². The smallest absolute Gasteiger partial charge is 0.242 e. The quantitative estimate of drug-likeness (QED) is 0.251. The Hall–Kier alpha value is -3.16. The van der Waals surface area contributed by atoms with Gasteiger partial charge in [-0.2, -0.15) is 0 Å². The third-order valence-corrected chi connectivity index (χ3v) is 7.62. The summed E-state index contributed by atoms with van der Waals surface area (Å²) in [5.41, 5.74) is 6.14. The van der Waals surface area contributed by atoms with Crippen LogP contribution in [-0.2, 0) is 4.79 Å². The predicted octanol–water partition coefficient (Wildman–Crippen LogP) is 7.49. The highest BCUT2D eigenvalue weighted by molar-refractivity contribution is 8.02. The Morgan fingerprint density at radius 2 is 1.65 bits per heavy atom. The molecule has 2 N–H and O–H groups in total. The van der Waals surface area contributed by atoms with Crippen LogP contribution in [0.2, 0.25) is 0 Å². The number of hydrogen-bond donors (Lipinski definition) is 2. The summed E-state index contributed by atoms with van der Waals surface area (Å²) < 4.78 is 0.728. The number of benzene rings is 3. The number of anilines is 3. The van der Waals surface area contributed by atoms with Crippen LogP contribution in [0.15, 0.2) is 77.1 Å². The molecule has 1 amide bonds. The number of carbonyl (C=O) groups excluding carboxylic acids is 1. The van der Waals surface area contributed by atoms with Crippen molar-refractivity contribution < 1.29 is 4.79 Å². The first-order chi connectivity index (χ1) is 16.4. The standard InChI is InChI=1S/C27H28N4OS2/c1-17(2)20-12-14-22(15-13-20)28-26-30-31-27(34-26)33-24(21-8-6-5-7-9-21)25(32)29-23-16-18(3)10-11-19(23)4/h5-17,24H,1-4H3,(H,28,30)(H,29,32)/t24-/m0/s1. The van der Waals surface area contributed by atoms with Gasteiger partial charge in [0.2, 0.25) is 11.0 Å². The molecule has 0 unspecified atom stereocenters. The van der Waals surface area contributed by atoms with E-state index < -0.39 is 5.25 Å². The summed E-state index contributed by atoms with van der Waals surface area (Å²) in [4.78, 5) is 13.4. The second-order valence-corrected chi connectivity index (χ2v) is 10.8. The van der Waals surface area contributed by atoms with Gasteiger partial charge in [-0.3, -0.25) is 4.79 Å². The number of rotatable bonds is 8. The fourth-order valence-electron chi connectivity index (χ4n) is 3.45. The molecule has 0 spiro atoms. The summed E-state index contributed by atoms with van der Waals surface area (Å²) in [5, 5.41) is 15.3. The van der Waals surface area contributed by atoms with Gasteiger partial charge in [-0.15, -0.1) is 10.2 Å². The van der Waals surface area contributed by atoms with E-state index >= 15 is 0 Å². The zero-order valence-electron chi connectivity index (χ0n) is 19.7. The molecule has 1 heterocycles. The number of thioether (sulfide) groups is 1. The summed E-state index contributed by atoms with van der Waals surface area (Å²) in [5.74, 6) is 0.405. The molecule has 0 saturated heterocycles. The minimum atomic E-state index is -0.452. The average Bonchev–Trinajstić information content (AvgIpc) is 3.27. The normalized spacial score (nSPS) is 11.9. The maximum atomic E-state index is 13.4. The number of amides is 1. The lowest BCUT2D eigenvalue weighted by Gasteiger charge is -2.17. The monoisotopic (exact) mass is 488 g/mol. The van der Waals surface area contributed by atoms with Crippen molar-refractivity contribution in [3.05, 3.63) is 95.1 Å². The van der Waals surface area contributed by atoms with Crippen LogP contribution < -0.4 is 10.6 Å². The first-order valence-electron chi connectivity index (χ1n) is 11.2. The minimum absolute atomic E-state index is 0.0844. The molecular weight excluding hydrogens is 460 g/mol. The van der Waals surface area contributed by atoms with Crippen molar-refractivity contribution in [3.63, 3.8) is 0 Å². The van der Waals surface area contributed by atoms with E-state index in [4.69, 9.17) is 0 Å². The second-order valence-electron chi connectivity index (χ2n) is 8.49. The van der Waals surface area contributed by atoms with E-state index in [1.807, 2.05) is 74.5 Å². The van der Waals surface area contributed by atoms with E-state index in [0.717, 1.165) is 32.4 Å². The molecule has 4 rings (SSSR count). The number of aryl methyl sites for hydroxylation is 2. The summed E-state index contributed by atoms with van der Waals surface area (Å²) in [6, 6.07) is 24.2. The van der Waals surface area contributed by atoms with Gasteiger partial charge in [-0.05, 0) is 60.2 Å². The summed E-state index contributed by atoms with van der Waals surface area (Å²) in [7, 11) is 0. The van der Waals surface area contributed by atoms with Crippen molar-refractivity contribution in [1.82, 2.24) is 10.2 Å². The van der Waals surface area contributed by atoms with Crippen LogP contribution in [0.1, 0.15) is 47.3 Å². The lowest BCUT2D eigenvalue weighted by atomic mass is 10.0. The molecule has 3 aromatic carbocycles. The number of nitrogens with zero attached hydrogens (tertiary/aromatic N) is 2. The van der Waals surface area contributed by atoms with Crippen LogP contribution in [0.3, 0.4) is 0 Å². The number of carbonyl (C=O) groups is 1. The maximum absolute atomic E-state index is 13.4. The van der Waals surface area contributed by atoms with Gasteiger partial charge < -0.3 is 10.6 Å². The van der Waals surface area contributed by atoms with Crippen molar-refractivity contribution in [3.8, 4) is 0 Å². The largest absolute Gasteiger partial charge is 0.330 e. The van der Waals surface area contributed by atoms with Crippen molar-refractivity contribution in [2.24, 2.45) is 0 Å². The van der Waals surface area contributed by atoms with E-state index in [9.17, 15) is 4.79 Å². The second kappa shape index (κ2) is 10.8. The van der Waals surface area contributed by atoms with Crippen LogP contribution in [0.25, 0.3) is 0 Å². The summed E-state index contributed by atoms with van der Waals surface area (Å²) in [6.07, 6.45) is 0. The fraction of sp³-hybridized carbons (Fsp3) is 0.222. The molecule has 0 radical (unpaired) electrons. The molecule has 1 aromatic heterocycles. The highest BCUT2D eigenvalue weighted by Gasteiger charge is 2.24. The van der Waals surface area contributed by atoms with Gasteiger partial charge in [0.15, 0.2) is 4.34 Å². The molecule has 0 fully saturated rings. The minimum Gasteiger partial charge on any atom is -0.330 e. The molecule has 174 valence electrons. The van der Waals surface area contributed by atoms with Crippen molar-refractivity contribution >= 4 is 45.5 Å². The molecule has 0 aliphatic heterocycles. The molecule has 7 heteroatoms. The van der Waals surface area contributed by atoms with Crippen molar-refractivity contribution in [2.45, 2.75) is 43.2 Å². The van der Waals surface area contributed by atoms with Gasteiger partial charge in [-0.1, -0.05) is 91.5 Å². The van der Waals surface area contributed by atoms with E-state index in [1.165, 1.54) is 28.7 Å². The highest BCUT2D eigenvalue weighted by atomic mass is 32.2. The van der Waals surface area contributed by atoms with Crippen LogP contribution in [0.5, 0.6) is 0 Å². The Morgan fingerprint density at radius 3 is 2.35 bits per heavy atom. The van der Waals surface area contributed by atoms with E-state index in [-0.39, 0.29) is 5.91 Å². The summed E-state index contributed by atoms with van der Waals surface area (Å²) in [6.45, 7) is 8.37. The molecule has 1 atom stereocenters. The molecular formula is C27H28N4OS2. The Kier molecular flexibility index (Phi) is 7.65. The van der Waals surface area contributed by atoms with Crippen molar-refractivity contribution in [1.29, 1.82) is 0 Å². The zero-order chi connectivity index (χ0) is 24.1. The first-order valence-corrected chi connectivity index (χ1v) is 12.9. The zero-order valence-corrected chi connectivity index (χ0v) is 21.3. The van der Waals surface area contributed by atoms with Crippen molar-refractivity contribution in [2.75, 3.05) is 10.6 Å². The first kappa shape index (κ1) is 24.0. The van der Waals surface area contributed by atoms with Gasteiger partial charge in [0.05, 0.1) is 0 Å². The molecule has 34 heavy (non-hydrogen) atoms. The summed E-state index contributed by atoms with van der Waals surface area (Å²) >= 11 is 2.85. The van der Waals surface area contributed by atoms with E-state index in [0.29, 0.717) is 11.0 Å². The van der Waals surface area contributed by atoms with Crippen LogP contribution in [-0.4, -0.2) is 16.1 Å². The Bertz CT molecular complexity index is 1250. The Balaban J connectivity index is 1.51. The van der Waals surface area contributed by atoms with E-state index in [2.05, 4.69) is 46.8 Å². The molecule has 0 aliphatic carbocycles. The number of aromatic nitrogens is 2. The van der Waals surface area contributed by atoms with Gasteiger partial charge in [0.1, 0.15) is 5.25 Å². The Morgan fingerprint density at radius 1 is 0.912 bits per heavy atom. The molecule has 0 saturated carbocycles. The molecule has 5 nitrogen and oxygen atoms in total. The van der Waals surface area contributed by atoms with E-state index in [1.54, 1.807) is 0 Å². The Labute approximate surface area is 209 Å². The lowest BCUT2D eigenvalue weighted by Crippen LogP contribution is -2.19. The third kappa shape index (κ3) is 6.04. The van der Waals surface area contributed by atoms with Crippen LogP contribution in [0, 0.1) is 13.8 Å². The van der Waals surface area contributed by atoms with Gasteiger partial charge in [0, 0.05) is 11.4 Å². The lowest BCUT2D eigenvalue weighted by molar-refractivity contribution is -0.115. The maximum Gasteiger partial charge on any atom is 0.242 e. The number of hydrogen-bond acceptors (Lipinski definition) is 6. The fourth-order valence-corrected chi connectivity index (χ4v) is 5.42.